The van der Waals surface area contributed by atoms with E-state index in [1.54, 1.807) is 18.3 Å². The Morgan fingerprint density at radius 1 is 1.46 bits per heavy atom. The standard InChI is InChI=1S/C9H9N3S/c1-6(10)11-9-12-7-4-2-3-5-8(7)13-9/h2-5H,1H3,(H2,10,11,12). The van der Waals surface area contributed by atoms with Gasteiger partial charge in [0.05, 0.1) is 16.1 Å². The molecule has 3 nitrogen and oxygen atoms in total. The highest BCUT2D eigenvalue weighted by atomic mass is 32.1. The van der Waals surface area contributed by atoms with Crippen molar-refractivity contribution in [2.24, 2.45) is 10.7 Å². The van der Waals surface area contributed by atoms with Crippen LogP contribution in [-0.4, -0.2) is 10.8 Å². The molecule has 0 aliphatic rings. The van der Waals surface area contributed by atoms with Gasteiger partial charge in [0.2, 0.25) is 5.13 Å². The molecule has 4 heteroatoms. The second kappa shape index (κ2) is 3.14. The first-order valence-corrected chi connectivity index (χ1v) is 4.74. The van der Waals surface area contributed by atoms with Gasteiger partial charge >= 0.3 is 0 Å². The van der Waals surface area contributed by atoms with Gasteiger partial charge in [0.25, 0.3) is 0 Å². The first-order chi connectivity index (χ1) is 6.25. The number of thiazole rings is 1. The first kappa shape index (κ1) is 8.19. The Kier molecular flexibility index (Phi) is 1.98. The quantitative estimate of drug-likeness (QED) is 0.555. The topological polar surface area (TPSA) is 51.3 Å². The maximum Gasteiger partial charge on any atom is 0.211 e. The molecule has 0 radical (unpaired) electrons. The van der Waals surface area contributed by atoms with Crippen LogP contribution in [0.15, 0.2) is 29.3 Å². The third-order valence-corrected chi connectivity index (χ3v) is 2.48. The van der Waals surface area contributed by atoms with E-state index in [-0.39, 0.29) is 0 Å². The molecule has 0 saturated carbocycles. The summed E-state index contributed by atoms with van der Waals surface area (Å²) in [6.07, 6.45) is 0. The van der Waals surface area contributed by atoms with Crippen molar-refractivity contribution < 1.29 is 0 Å². The molecule has 13 heavy (non-hydrogen) atoms. The Balaban J connectivity index is 2.56. The van der Waals surface area contributed by atoms with E-state index in [2.05, 4.69) is 9.98 Å². The fraction of sp³-hybridized carbons (Fsp3) is 0.111. The molecule has 0 fully saturated rings. The van der Waals surface area contributed by atoms with Crippen molar-refractivity contribution in [1.82, 2.24) is 4.98 Å². The zero-order valence-corrected chi connectivity index (χ0v) is 8.01. The molecular formula is C9H9N3S. The summed E-state index contributed by atoms with van der Waals surface area (Å²) in [5, 5.41) is 0.723. The molecule has 0 amide bonds. The molecule has 1 heterocycles. The largest absolute Gasteiger partial charge is 0.387 e. The molecule has 2 N–H and O–H groups in total. The Morgan fingerprint density at radius 3 is 2.92 bits per heavy atom. The highest BCUT2D eigenvalue weighted by molar-refractivity contribution is 7.22. The van der Waals surface area contributed by atoms with Gasteiger partial charge in [-0.25, -0.2) is 9.98 Å². The van der Waals surface area contributed by atoms with Crippen molar-refractivity contribution in [3.05, 3.63) is 24.3 Å². The van der Waals surface area contributed by atoms with E-state index in [0.717, 1.165) is 15.3 Å². The summed E-state index contributed by atoms with van der Waals surface area (Å²) in [5.74, 6) is 0.541. The maximum absolute atomic E-state index is 5.46. The van der Waals surface area contributed by atoms with Crippen LogP contribution in [0, 0.1) is 0 Å². The molecule has 1 aromatic carbocycles. The summed E-state index contributed by atoms with van der Waals surface area (Å²) in [4.78, 5) is 8.40. The van der Waals surface area contributed by atoms with Gasteiger partial charge in [0, 0.05) is 0 Å². The number of hydrogen-bond donors (Lipinski definition) is 1. The Morgan fingerprint density at radius 2 is 2.23 bits per heavy atom. The van der Waals surface area contributed by atoms with Crippen molar-refractivity contribution >= 4 is 32.5 Å². The highest BCUT2D eigenvalue weighted by Crippen LogP contribution is 2.27. The van der Waals surface area contributed by atoms with Crippen LogP contribution in [0.1, 0.15) is 6.92 Å². The smallest absolute Gasteiger partial charge is 0.211 e. The van der Waals surface area contributed by atoms with E-state index in [1.165, 1.54) is 0 Å². The first-order valence-electron chi connectivity index (χ1n) is 3.92. The minimum Gasteiger partial charge on any atom is -0.387 e. The van der Waals surface area contributed by atoms with Crippen LogP contribution in [0.5, 0.6) is 0 Å². The molecule has 1 aromatic heterocycles. The van der Waals surface area contributed by atoms with Gasteiger partial charge in [0.15, 0.2) is 0 Å². The average Bonchev–Trinajstić information content (AvgIpc) is 2.44. The number of benzene rings is 1. The fourth-order valence-electron chi connectivity index (χ4n) is 1.06. The third kappa shape index (κ3) is 1.67. The number of amidine groups is 1. The Hall–Kier alpha value is -1.42. The van der Waals surface area contributed by atoms with Gasteiger partial charge in [-0.15, -0.1) is 0 Å². The molecule has 2 rings (SSSR count). The number of aliphatic imine (C=N–C) groups is 1. The van der Waals surface area contributed by atoms with Crippen molar-refractivity contribution in [2.45, 2.75) is 6.92 Å². The minimum atomic E-state index is 0.541. The summed E-state index contributed by atoms with van der Waals surface area (Å²) in [7, 11) is 0. The minimum absolute atomic E-state index is 0.541. The number of rotatable bonds is 1. The van der Waals surface area contributed by atoms with Gasteiger partial charge in [-0.3, -0.25) is 0 Å². The molecule has 0 aliphatic heterocycles. The van der Waals surface area contributed by atoms with E-state index in [9.17, 15) is 0 Å². The molecule has 0 aliphatic carbocycles. The third-order valence-electron chi connectivity index (χ3n) is 1.55. The van der Waals surface area contributed by atoms with Crippen molar-refractivity contribution in [2.75, 3.05) is 0 Å². The second-order valence-corrected chi connectivity index (χ2v) is 3.73. The van der Waals surface area contributed by atoms with Crippen molar-refractivity contribution in [3.63, 3.8) is 0 Å². The predicted octanol–water partition coefficient (Wildman–Crippen LogP) is 2.30. The number of nitrogens with two attached hydrogens (primary N) is 1. The molecule has 0 unspecified atom stereocenters. The number of aromatic nitrogens is 1. The van der Waals surface area contributed by atoms with E-state index in [0.29, 0.717) is 5.84 Å². The van der Waals surface area contributed by atoms with Gasteiger partial charge in [-0.2, -0.15) is 0 Å². The normalized spacial score (nSPS) is 12.2. The zero-order chi connectivity index (χ0) is 9.26. The van der Waals surface area contributed by atoms with Crippen LogP contribution < -0.4 is 5.73 Å². The second-order valence-electron chi connectivity index (χ2n) is 2.72. The molecule has 0 atom stereocenters. The summed E-state index contributed by atoms with van der Waals surface area (Å²) in [5.41, 5.74) is 6.44. The summed E-state index contributed by atoms with van der Waals surface area (Å²) < 4.78 is 1.14. The number of nitrogens with zero attached hydrogens (tertiary/aromatic N) is 2. The fourth-order valence-corrected chi connectivity index (χ4v) is 1.95. The number of para-hydroxylation sites is 1. The molecular weight excluding hydrogens is 182 g/mol. The SMILES string of the molecule is C/C(N)=N/c1nc2ccccc2s1. The molecule has 0 saturated heterocycles. The van der Waals surface area contributed by atoms with E-state index in [4.69, 9.17) is 5.73 Å². The number of hydrogen-bond acceptors (Lipinski definition) is 3. The Labute approximate surface area is 79.9 Å². The molecule has 0 spiro atoms. The Bertz CT molecular complexity index is 422. The van der Waals surface area contributed by atoms with Crippen LogP contribution in [-0.2, 0) is 0 Å². The zero-order valence-electron chi connectivity index (χ0n) is 7.19. The summed E-state index contributed by atoms with van der Waals surface area (Å²) in [6.45, 7) is 1.76. The maximum atomic E-state index is 5.46. The van der Waals surface area contributed by atoms with Gasteiger partial charge in [0.1, 0.15) is 0 Å². The van der Waals surface area contributed by atoms with Crippen LogP contribution in [0.2, 0.25) is 0 Å². The highest BCUT2D eigenvalue weighted by Gasteiger charge is 2.00. The van der Waals surface area contributed by atoms with Crippen LogP contribution in [0.4, 0.5) is 5.13 Å². The van der Waals surface area contributed by atoms with E-state index in [1.807, 2.05) is 24.3 Å². The van der Waals surface area contributed by atoms with Crippen LogP contribution in [0.25, 0.3) is 10.2 Å². The van der Waals surface area contributed by atoms with Crippen molar-refractivity contribution in [3.8, 4) is 0 Å². The lowest BCUT2D eigenvalue weighted by atomic mass is 10.3. The average molecular weight is 191 g/mol. The van der Waals surface area contributed by atoms with Gasteiger partial charge in [-0.1, -0.05) is 23.5 Å². The predicted molar refractivity (Wildman–Crippen MR) is 56.6 cm³/mol. The van der Waals surface area contributed by atoms with Gasteiger partial charge < -0.3 is 5.73 Å². The van der Waals surface area contributed by atoms with Crippen LogP contribution in [0.3, 0.4) is 0 Å². The van der Waals surface area contributed by atoms with Gasteiger partial charge in [-0.05, 0) is 19.1 Å². The molecule has 2 aromatic rings. The summed E-state index contributed by atoms with van der Waals surface area (Å²) in [6, 6.07) is 7.95. The number of fused-ring (bicyclic) bond motifs is 1. The van der Waals surface area contributed by atoms with E-state index < -0.39 is 0 Å². The van der Waals surface area contributed by atoms with Crippen LogP contribution >= 0.6 is 11.3 Å². The monoisotopic (exact) mass is 191 g/mol. The lowest BCUT2D eigenvalue weighted by Crippen LogP contribution is -2.03. The van der Waals surface area contributed by atoms with Crippen molar-refractivity contribution in [1.29, 1.82) is 0 Å². The lowest BCUT2D eigenvalue weighted by Gasteiger charge is -1.84. The summed E-state index contributed by atoms with van der Waals surface area (Å²) >= 11 is 1.55. The molecule has 66 valence electrons. The lowest BCUT2D eigenvalue weighted by molar-refractivity contribution is 1.38. The van der Waals surface area contributed by atoms with E-state index >= 15 is 0 Å². The molecule has 0 bridgehead atoms.